The highest BCUT2D eigenvalue weighted by Gasteiger charge is 2.13. The maximum Gasteiger partial charge on any atom is 0.0492 e. The van der Waals surface area contributed by atoms with Crippen molar-refractivity contribution in [2.24, 2.45) is 5.92 Å². The number of hydrogen-bond acceptors (Lipinski definition) is 0. The molecule has 0 aromatic rings. The molecule has 0 bridgehead atoms. The van der Waals surface area contributed by atoms with Gasteiger partial charge in [0.2, 0.25) is 0 Å². The summed E-state index contributed by atoms with van der Waals surface area (Å²) in [7, 11) is 0. The van der Waals surface area contributed by atoms with Crippen molar-refractivity contribution < 1.29 is 0 Å². The molecule has 0 saturated carbocycles. The predicted octanol–water partition coefficient (Wildman–Crippen LogP) is 1.62. The van der Waals surface area contributed by atoms with Crippen LogP contribution in [0.25, 0.3) is 0 Å². The first kappa shape index (κ1) is 5.78. The summed E-state index contributed by atoms with van der Waals surface area (Å²) in [5.41, 5.74) is 1.44. The van der Waals surface area contributed by atoms with E-state index in [9.17, 15) is 0 Å². The standard InChI is InChI=1S/C9H10N/c1-2-4-9-7-10-6-5-8(9)3-1/h2-6,9H,1,7H2. The summed E-state index contributed by atoms with van der Waals surface area (Å²) < 4.78 is 0. The average molecular weight is 132 g/mol. The van der Waals surface area contributed by atoms with Crippen LogP contribution in [0.15, 0.2) is 36.1 Å². The second kappa shape index (κ2) is 2.33. The van der Waals surface area contributed by atoms with Gasteiger partial charge in [-0.1, -0.05) is 18.2 Å². The molecule has 1 radical (unpaired) electrons. The van der Waals surface area contributed by atoms with Crippen LogP contribution in [0.1, 0.15) is 6.42 Å². The minimum absolute atomic E-state index is 0.582. The summed E-state index contributed by atoms with van der Waals surface area (Å²) >= 11 is 0. The zero-order valence-corrected chi connectivity index (χ0v) is 5.83. The monoisotopic (exact) mass is 132 g/mol. The molecule has 1 aliphatic heterocycles. The summed E-state index contributed by atoms with van der Waals surface area (Å²) in [5.74, 6) is 0.582. The number of hydrogen-bond donors (Lipinski definition) is 0. The second-order valence-electron chi connectivity index (χ2n) is 2.66. The maximum atomic E-state index is 4.19. The Morgan fingerprint density at radius 3 is 3.40 bits per heavy atom. The van der Waals surface area contributed by atoms with Gasteiger partial charge in [0.15, 0.2) is 0 Å². The van der Waals surface area contributed by atoms with Gasteiger partial charge in [-0.3, -0.25) is 5.32 Å². The molecule has 1 heterocycles. The van der Waals surface area contributed by atoms with Crippen LogP contribution in [0, 0.1) is 5.92 Å². The summed E-state index contributed by atoms with van der Waals surface area (Å²) in [4.78, 5) is 0. The third-order valence-corrected chi connectivity index (χ3v) is 1.96. The van der Waals surface area contributed by atoms with Crippen LogP contribution in [0.3, 0.4) is 0 Å². The maximum absolute atomic E-state index is 4.19. The van der Waals surface area contributed by atoms with Crippen LogP contribution in [-0.2, 0) is 0 Å². The minimum atomic E-state index is 0.582. The fourth-order valence-corrected chi connectivity index (χ4v) is 1.38. The van der Waals surface area contributed by atoms with Crippen LogP contribution in [0.4, 0.5) is 0 Å². The zero-order chi connectivity index (χ0) is 6.81. The van der Waals surface area contributed by atoms with Gasteiger partial charge in [0.1, 0.15) is 0 Å². The molecule has 1 atom stereocenters. The average Bonchev–Trinajstić information content (AvgIpc) is 2.05. The van der Waals surface area contributed by atoms with E-state index in [1.807, 2.05) is 6.20 Å². The SMILES string of the molecule is C1=CC2C[N]C=CC2=CC1. The van der Waals surface area contributed by atoms with Crippen LogP contribution < -0.4 is 5.32 Å². The van der Waals surface area contributed by atoms with Gasteiger partial charge in [0, 0.05) is 18.7 Å². The lowest BCUT2D eigenvalue weighted by Crippen LogP contribution is -2.18. The van der Waals surface area contributed by atoms with Crippen LogP contribution >= 0.6 is 0 Å². The fraction of sp³-hybridized carbons (Fsp3) is 0.333. The molecular weight excluding hydrogens is 122 g/mol. The van der Waals surface area contributed by atoms with Crippen molar-refractivity contribution in [1.29, 1.82) is 0 Å². The highest BCUT2D eigenvalue weighted by atomic mass is 14.8. The normalized spacial score (nSPS) is 28.8. The first-order chi connectivity index (χ1) is 4.97. The van der Waals surface area contributed by atoms with E-state index < -0.39 is 0 Å². The Kier molecular flexibility index (Phi) is 1.35. The Morgan fingerprint density at radius 2 is 2.50 bits per heavy atom. The summed E-state index contributed by atoms with van der Waals surface area (Å²) in [6.07, 6.45) is 11.8. The molecule has 0 N–H and O–H groups in total. The van der Waals surface area contributed by atoms with Crippen LogP contribution in [0.2, 0.25) is 0 Å². The van der Waals surface area contributed by atoms with Gasteiger partial charge in [-0.2, -0.15) is 0 Å². The van der Waals surface area contributed by atoms with E-state index in [1.54, 1.807) is 0 Å². The lowest BCUT2D eigenvalue weighted by molar-refractivity contribution is 0.666. The lowest BCUT2D eigenvalue weighted by Gasteiger charge is -2.19. The first-order valence-electron chi connectivity index (χ1n) is 3.67. The molecule has 1 nitrogen and oxygen atoms in total. The number of rotatable bonds is 0. The molecule has 2 aliphatic rings. The lowest BCUT2D eigenvalue weighted by atomic mass is 9.92. The Balaban J connectivity index is 2.26. The summed E-state index contributed by atoms with van der Waals surface area (Å²) in [6, 6.07) is 0. The Morgan fingerprint density at radius 1 is 1.50 bits per heavy atom. The smallest absolute Gasteiger partial charge is 0.0492 e. The third kappa shape index (κ3) is 0.878. The van der Waals surface area contributed by atoms with E-state index in [0.717, 1.165) is 13.0 Å². The van der Waals surface area contributed by atoms with Gasteiger partial charge in [-0.25, -0.2) is 0 Å². The molecule has 1 aliphatic carbocycles. The van der Waals surface area contributed by atoms with Gasteiger partial charge in [0.05, 0.1) is 0 Å². The molecule has 10 heavy (non-hydrogen) atoms. The fourth-order valence-electron chi connectivity index (χ4n) is 1.38. The highest BCUT2D eigenvalue weighted by molar-refractivity contribution is 5.31. The van der Waals surface area contributed by atoms with Crippen molar-refractivity contribution >= 4 is 0 Å². The molecule has 0 aromatic heterocycles. The van der Waals surface area contributed by atoms with E-state index in [0.29, 0.717) is 5.92 Å². The quantitative estimate of drug-likeness (QED) is 0.445. The Hall–Kier alpha value is -0.980. The minimum Gasteiger partial charge on any atom is -0.292 e. The highest BCUT2D eigenvalue weighted by Crippen LogP contribution is 2.21. The molecule has 2 rings (SSSR count). The van der Waals surface area contributed by atoms with E-state index >= 15 is 0 Å². The van der Waals surface area contributed by atoms with Crippen molar-refractivity contribution in [2.75, 3.05) is 6.54 Å². The van der Waals surface area contributed by atoms with Crippen LogP contribution in [-0.4, -0.2) is 6.54 Å². The molecule has 0 amide bonds. The van der Waals surface area contributed by atoms with Crippen molar-refractivity contribution in [3.63, 3.8) is 0 Å². The van der Waals surface area contributed by atoms with Crippen molar-refractivity contribution in [3.8, 4) is 0 Å². The molecule has 1 unspecified atom stereocenters. The molecule has 0 saturated heterocycles. The number of nitrogens with zero attached hydrogens (tertiary/aromatic N) is 1. The van der Waals surface area contributed by atoms with Crippen LogP contribution in [0.5, 0.6) is 0 Å². The molecule has 0 fully saturated rings. The molecule has 1 heteroatoms. The van der Waals surface area contributed by atoms with Crippen molar-refractivity contribution in [3.05, 3.63) is 36.1 Å². The van der Waals surface area contributed by atoms with Gasteiger partial charge in [0.25, 0.3) is 0 Å². The molecular formula is C9H10N. The largest absolute Gasteiger partial charge is 0.292 e. The summed E-state index contributed by atoms with van der Waals surface area (Å²) in [6.45, 7) is 0.943. The predicted molar refractivity (Wildman–Crippen MR) is 41.5 cm³/mol. The van der Waals surface area contributed by atoms with E-state index in [4.69, 9.17) is 0 Å². The van der Waals surface area contributed by atoms with Gasteiger partial charge in [-0.05, 0) is 18.1 Å². The second-order valence-corrected chi connectivity index (χ2v) is 2.66. The van der Waals surface area contributed by atoms with E-state index in [-0.39, 0.29) is 0 Å². The number of allylic oxidation sites excluding steroid dienone is 3. The first-order valence-corrected chi connectivity index (χ1v) is 3.67. The van der Waals surface area contributed by atoms with Crippen molar-refractivity contribution in [2.45, 2.75) is 6.42 Å². The van der Waals surface area contributed by atoms with Gasteiger partial charge >= 0.3 is 0 Å². The summed E-state index contributed by atoms with van der Waals surface area (Å²) in [5, 5.41) is 4.19. The topological polar surface area (TPSA) is 14.1 Å². The van der Waals surface area contributed by atoms with E-state index in [1.165, 1.54) is 5.57 Å². The van der Waals surface area contributed by atoms with Gasteiger partial charge < -0.3 is 0 Å². The molecule has 0 spiro atoms. The zero-order valence-electron chi connectivity index (χ0n) is 5.83. The third-order valence-electron chi connectivity index (χ3n) is 1.96. The Labute approximate surface area is 61.1 Å². The Bertz CT molecular complexity index is 211. The number of fused-ring (bicyclic) bond motifs is 1. The van der Waals surface area contributed by atoms with Gasteiger partial charge in [-0.15, -0.1) is 0 Å². The van der Waals surface area contributed by atoms with Crippen molar-refractivity contribution in [1.82, 2.24) is 5.32 Å². The van der Waals surface area contributed by atoms with E-state index in [2.05, 4.69) is 29.6 Å². The molecule has 0 aromatic carbocycles. The molecule has 51 valence electrons.